The van der Waals surface area contributed by atoms with E-state index in [0.29, 0.717) is 0 Å². The molecule has 0 radical (unpaired) electrons. The zero-order valence-electron chi connectivity index (χ0n) is 11.4. The normalized spacial score (nSPS) is 13.5. The summed E-state index contributed by atoms with van der Waals surface area (Å²) in [5.41, 5.74) is 6.50. The SMILES string of the molecule is CCOC(=O)C(N)C(=O)N(C)C(C)c1ccncc1. The molecule has 1 aromatic heterocycles. The number of pyridine rings is 1. The Bertz CT molecular complexity index is 436. The number of carbonyl (C=O) groups is 2. The second-order valence-corrected chi connectivity index (χ2v) is 4.14. The highest BCUT2D eigenvalue weighted by molar-refractivity contribution is 6.01. The Morgan fingerprint density at radius 1 is 1.42 bits per heavy atom. The molecule has 0 saturated carbocycles. The van der Waals surface area contributed by atoms with E-state index < -0.39 is 17.9 Å². The number of rotatable bonds is 5. The van der Waals surface area contributed by atoms with Crippen molar-refractivity contribution in [2.24, 2.45) is 5.73 Å². The molecule has 1 rings (SSSR count). The van der Waals surface area contributed by atoms with Crippen LogP contribution in [-0.4, -0.2) is 41.5 Å². The van der Waals surface area contributed by atoms with Gasteiger partial charge < -0.3 is 15.4 Å². The highest BCUT2D eigenvalue weighted by Crippen LogP contribution is 2.18. The molecule has 2 N–H and O–H groups in total. The first-order valence-corrected chi connectivity index (χ1v) is 6.07. The summed E-state index contributed by atoms with van der Waals surface area (Å²) in [6, 6.07) is 2.14. The van der Waals surface area contributed by atoms with Crippen LogP contribution < -0.4 is 5.73 Å². The van der Waals surface area contributed by atoms with Crippen LogP contribution in [0.1, 0.15) is 25.5 Å². The standard InChI is InChI=1S/C13H19N3O3/c1-4-19-13(18)11(14)12(17)16(3)9(2)10-5-7-15-8-6-10/h5-9,11H,4,14H2,1-3H3. The number of hydrogen-bond donors (Lipinski definition) is 1. The molecule has 1 heterocycles. The van der Waals surface area contributed by atoms with Crippen LogP contribution in [0.25, 0.3) is 0 Å². The zero-order valence-corrected chi connectivity index (χ0v) is 11.4. The van der Waals surface area contributed by atoms with Crippen LogP contribution in [0.2, 0.25) is 0 Å². The van der Waals surface area contributed by atoms with Gasteiger partial charge in [-0.2, -0.15) is 0 Å². The molecular weight excluding hydrogens is 246 g/mol. The first-order valence-electron chi connectivity index (χ1n) is 6.07. The fourth-order valence-corrected chi connectivity index (χ4v) is 1.61. The van der Waals surface area contributed by atoms with Gasteiger partial charge in [-0.05, 0) is 31.5 Å². The molecule has 104 valence electrons. The summed E-state index contributed by atoms with van der Waals surface area (Å²) < 4.78 is 4.74. The number of aromatic nitrogens is 1. The van der Waals surface area contributed by atoms with Gasteiger partial charge in [0.25, 0.3) is 5.91 Å². The van der Waals surface area contributed by atoms with Gasteiger partial charge in [-0.25, -0.2) is 4.79 Å². The van der Waals surface area contributed by atoms with Gasteiger partial charge in [-0.1, -0.05) is 0 Å². The molecule has 0 aliphatic carbocycles. The molecule has 0 spiro atoms. The molecule has 1 aromatic rings. The van der Waals surface area contributed by atoms with E-state index >= 15 is 0 Å². The molecule has 1 amide bonds. The smallest absolute Gasteiger partial charge is 0.332 e. The molecule has 0 aliphatic rings. The van der Waals surface area contributed by atoms with Crippen LogP contribution in [0, 0.1) is 0 Å². The predicted molar refractivity (Wildman–Crippen MR) is 70.0 cm³/mol. The largest absolute Gasteiger partial charge is 0.464 e. The van der Waals surface area contributed by atoms with Crippen LogP contribution in [0.5, 0.6) is 0 Å². The minimum Gasteiger partial charge on any atom is -0.464 e. The Hall–Kier alpha value is -1.95. The maximum Gasteiger partial charge on any atom is 0.332 e. The summed E-state index contributed by atoms with van der Waals surface area (Å²) in [5.74, 6) is -1.18. The van der Waals surface area contributed by atoms with Gasteiger partial charge >= 0.3 is 5.97 Å². The van der Waals surface area contributed by atoms with E-state index in [2.05, 4.69) is 4.98 Å². The number of nitrogens with zero attached hydrogens (tertiary/aromatic N) is 2. The van der Waals surface area contributed by atoms with Crippen molar-refractivity contribution >= 4 is 11.9 Å². The molecule has 6 heteroatoms. The number of likely N-dealkylation sites (N-methyl/N-ethyl adjacent to an activating group) is 1. The van der Waals surface area contributed by atoms with Crippen molar-refractivity contribution < 1.29 is 14.3 Å². The Morgan fingerprint density at radius 3 is 2.53 bits per heavy atom. The van der Waals surface area contributed by atoms with Gasteiger partial charge in [-0.3, -0.25) is 9.78 Å². The Morgan fingerprint density at radius 2 is 2.00 bits per heavy atom. The van der Waals surface area contributed by atoms with E-state index in [1.165, 1.54) is 4.90 Å². The number of ether oxygens (including phenoxy) is 1. The van der Waals surface area contributed by atoms with E-state index in [0.717, 1.165) is 5.56 Å². The summed E-state index contributed by atoms with van der Waals surface area (Å²) in [6.45, 7) is 3.72. The van der Waals surface area contributed by atoms with Crippen LogP contribution in [0.3, 0.4) is 0 Å². The number of carbonyl (C=O) groups excluding carboxylic acids is 2. The summed E-state index contributed by atoms with van der Waals surface area (Å²) in [6.07, 6.45) is 3.30. The molecule has 6 nitrogen and oxygen atoms in total. The van der Waals surface area contributed by atoms with Crippen molar-refractivity contribution in [1.29, 1.82) is 0 Å². The van der Waals surface area contributed by atoms with E-state index in [-0.39, 0.29) is 12.6 Å². The van der Waals surface area contributed by atoms with Crippen molar-refractivity contribution in [2.75, 3.05) is 13.7 Å². The second kappa shape index (κ2) is 6.84. The molecule has 0 bridgehead atoms. The molecule has 0 fully saturated rings. The van der Waals surface area contributed by atoms with Crippen molar-refractivity contribution in [2.45, 2.75) is 25.9 Å². The molecule has 0 saturated heterocycles. The lowest BCUT2D eigenvalue weighted by atomic mass is 10.1. The minimum absolute atomic E-state index is 0.198. The Balaban J connectivity index is 2.74. The number of nitrogens with two attached hydrogens (primary N) is 1. The van der Waals surface area contributed by atoms with Gasteiger partial charge in [0, 0.05) is 19.4 Å². The molecule has 2 unspecified atom stereocenters. The van der Waals surface area contributed by atoms with Crippen LogP contribution in [0.15, 0.2) is 24.5 Å². The van der Waals surface area contributed by atoms with Gasteiger partial charge in [0.15, 0.2) is 6.04 Å². The van der Waals surface area contributed by atoms with Gasteiger partial charge in [0.05, 0.1) is 12.6 Å². The van der Waals surface area contributed by atoms with Crippen molar-refractivity contribution in [3.05, 3.63) is 30.1 Å². The van der Waals surface area contributed by atoms with Crippen molar-refractivity contribution in [1.82, 2.24) is 9.88 Å². The number of esters is 1. The van der Waals surface area contributed by atoms with Gasteiger partial charge in [0.2, 0.25) is 0 Å². The lowest BCUT2D eigenvalue weighted by Crippen LogP contribution is -2.48. The summed E-state index contributed by atoms with van der Waals surface area (Å²) in [4.78, 5) is 28.8. The van der Waals surface area contributed by atoms with E-state index in [4.69, 9.17) is 10.5 Å². The topological polar surface area (TPSA) is 85.5 Å². The van der Waals surface area contributed by atoms with Crippen molar-refractivity contribution in [3.63, 3.8) is 0 Å². The zero-order chi connectivity index (χ0) is 14.4. The first kappa shape index (κ1) is 15.1. The molecule has 0 aromatic carbocycles. The molecule has 19 heavy (non-hydrogen) atoms. The molecule has 0 aliphatic heterocycles. The predicted octanol–water partition coefficient (Wildman–Crippen LogP) is 0.491. The van der Waals surface area contributed by atoms with Gasteiger partial charge in [-0.15, -0.1) is 0 Å². The number of hydrogen-bond acceptors (Lipinski definition) is 5. The second-order valence-electron chi connectivity index (χ2n) is 4.14. The third-order valence-electron chi connectivity index (χ3n) is 2.92. The van der Waals surface area contributed by atoms with Crippen molar-refractivity contribution in [3.8, 4) is 0 Å². The maximum absolute atomic E-state index is 12.1. The maximum atomic E-state index is 12.1. The fraction of sp³-hybridized carbons (Fsp3) is 0.462. The Kier molecular flexibility index (Phi) is 5.44. The lowest BCUT2D eigenvalue weighted by Gasteiger charge is -2.27. The molecular formula is C13H19N3O3. The highest BCUT2D eigenvalue weighted by Gasteiger charge is 2.29. The van der Waals surface area contributed by atoms with Crippen LogP contribution >= 0.6 is 0 Å². The minimum atomic E-state index is -1.28. The Labute approximate surface area is 112 Å². The van der Waals surface area contributed by atoms with E-state index in [9.17, 15) is 9.59 Å². The summed E-state index contributed by atoms with van der Waals surface area (Å²) in [7, 11) is 1.60. The van der Waals surface area contributed by atoms with Crippen LogP contribution in [-0.2, 0) is 14.3 Å². The van der Waals surface area contributed by atoms with E-state index in [1.54, 1.807) is 26.4 Å². The third kappa shape index (κ3) is 3.75. The average Bonchev–Trinajstić information content (AvgIpc) is 2.45. The quantitative estimate of drug-likeness (QED) is 0.618. The fourth-order valence-electron chi connectivity index (χ4n) is 1.61. The summed E-state index contributed by atoms with van der Waals surface area (Å²) >= 11 is 0. The monoisotopic (exact) mass is 265 g/mol. The van der Waals surface area contributed by atoms with Crippen LogP contribution in [0.4, 0.5) is 0 Å². The third-order valence-corrected chi connectivity index (χ3v) is 2.92. The number of amides is 1. The van der Waals surface area contributed by atoms with E-state index in [1.807, 2.05) is 19.1 Å². The molecule has 2 atom stereocenters. The average molecular weight is 265 g/mol. The summed E-state index contributed by atoms with van der Waals surface area (Å²) in [5, 5.41) is 0. The highest BCUT2D eigenvalue weighted by atomic mass is 16.5. The van der Waals surface area contributed by atoms with Gasteiger partial charge in [0.1, 0.15) is 0 Å². The first-order chi connectivity index (χ1) is 8.99. The lowest BCUT2D eigenvalue weighted by molar-refractivity contribution is -0.151.